The topological polar surface area (TPSA) is 95.3 Å². The maximum Gasteiger partial charge on any atom is 0.347 e. The van der Waals surface area contributed by atoms with E-state index < -0.39 is 24.6 Å². The number of benzene rings is 2. The van der Waals surface area contributed by atoms with Crippen LogP contribution in [0.2, 0.25) is 5.02 Å². The summed E-state index contributed by atoms with van der Waals surface area (Å²) in [7, 11) is 0. The van der Waals surface area contributed by atoms with Gasteiger partial charge in [-0.25, -0.2) is 14.5 Å². The molecule has 144 valence electrons. The van der Waals surface area contributed by atoms with Gasteiger partial charge in [-0.3, -0.25) is 4.79 Å². The highest BCUT2D eigenvalue weighted by Crippen LogP contribution is 2.23. The van der Waals surface area contributed by atoms with Gasteiger partial charge in [-0.2, -0.15) is 5.10 Å². The normalized spacial score (nSPS) is 11.5. The molecule has 3 rings (SSSR count). The Labute approximate surface area is 166 Å². The first-order valence-electron chi connectivity index (χ1n) is 8.35. The van der Waals surface area contributed by atoms with Gasteiger partial charge in [0, 0.05) is 5.02 Å². The molecule has 28 heavy (non-hydrogen) atoms. The molecule has 2 aromatic carbocycles. The molecule has 0 aliphatic heterocycles. The minimum Gasteiger partial charge on any atom is -0.479 e. The minimum absolute atomic E-state index is 0.410. The number of hydrogen-bond donors (Lipinski definition) is 1. The number of anilines is 1. The molecular weight excluding hydrogens is 384 g/mol. The maximum atomic E-state index is 12.2. The third-order valence-corrected chi connectivity index (χ3v) is 3.87. The molecule has 0 aliphatic carbocycles. The van der Waals surface area contributed by atoms with E-state index in [-0.39, 0.29) is 0 Å². The first kappa shape index (κ1) is 19.4. The van der Waals surface area contributed by atoms with Crippen LogP contribution in [0.1, 0.15) is 6.92 Å². The van der Waals surface area contributed by atoms with Gasteiger partial charge in [0.05, 0.1) is 11.4 Å². The summed E-state index contributed by atoms with van der Waals surface area (Å²) < 4.78 is 12.0. The van der Waals surface area contributed by atoms with Crippen LogP contribution in [0.5, 0.6) is 5.75 Å². The molecule has 1 aromatic heterocycles. The molecule has 0 radical (unpaired) electrons. The summed E-state index contributed by atoms with van der Waals surface area (Å²) in [6, 6.07) is 13.8. The molecule has 1 atom stereocenters. The number of hydrogen-bond acceptors (Lipinski definition) is 6. The fourth-order valence-corrected chi connectivity index (χ4v) is 2.50. The van der Waals surface area contributed by atoms with E-state index in [0.29, 0.717) is 22.1 Å². The van der Waals surface area contributed by atoms with E-state index in [1.54, 1.807) is 49.4 Å². The maximum absolute atomic E-state index is 12.2. The Bertz CT molecular complexity index is 948. The van der Waals surface area contributed by atoms with Crippen LogP contribution in [0.15, 0.2) is 61.2 Å². The van der Waals surface area contributed by atoms with Gasteiger partial charge < -0.3 is 14.8 Å². The first-order chi connectivity index (χ1) is 13.5. The van der Waals surface area contributed by atoms with E-state index in [9.17, 15) is 9.59 Å². The minimum atomic E-state index is -0.855. The quantitative estimate of drug-likeness (QED) is 0.613. The van der Waals surface area contributed by atoms with Crippen molar-refractivity contribution in [1.82, 2.24) is 14.8 Å². The van der Waals surface area contributed by atoms with Gasteiger partial charge in [-0.1, -0.05) is 29.8 Å². The second-order valence-electron chi connectivity index (χ2n) is 5.73. The van der Waals surface area contributed by atoms with Gasteiger partial charge in [0.25, 0.3) is 5.91 Å². The van der Waals surface area contributed by atoms with Crippen molar-refractivity contribution in [3.8, 4) is 11.4 Å². The van der Waals surface area contributed by atoms with Crippen molar-refractivity contribution in [3.05, 3.63) is 66.2 Å². The molecule has 0 aliphatic rings. The first-order valence-corrected chi connectivity index (χ1v) is 8.73. The zero-order chi connectivity index (χ0) is 19.9. The molecule has 9 heteroatoms. The van der Waals surface area contributed by atoms with Crippen LogP contribution in [0.3, 0.4) is 0 Å². The zero-order valence-electron chi connectivity index (χ0n) is 14.9. The number of para-hydroxylation sites is 1. The van der Waals surface area contributed by atoms with Crippen molar-refractivity contribution in [2.75, 3.05) is 11.9 Å². The molecule has 1 amide bonds. The Hall–Kier alpha value is -3.39. The van der Waals surface area contributed by atoms with E-state index in [2.05, 4.69) is 15.4 Å². The number of rotatable bonds is 7. The Morgan fingerprint density at radius 2 is 2.00 bits per heavy atom. The van der Waals surface area contributed by atoms with Gasteiger partial charge in [0.2, 0.25) is 0 Å². The van der Waals surface area contributed by atoms with E-state index in [4.69, 9.17) is 21.1 Å². The van der Waals surface area contributed by atoms with Gasteiger partial charge >= 0.3 is 5.97 Å². The predicted molar refractivity (Wildman–Crippen MR) is 102 cm³/mol. The molecule has 0 saturated carbocycles. The van der Waals surface area contributed by atoms with Crippen LogP contribution in [-0.4, -0.2) is 39.4 Å². The molecule has 0 spiro atoms. The Kier molecular flexibility index (Phi) is 6.23. The lowest BCUT2D eigenvalue weighted by atomic mass is 10.2. The van der Waals surface area contributed by atoms with Gasteiger partial charge in [-0.05, 0) is 37.3 Å². The van der Waals surface area contributed by atoms with Crippen molar-refractivity contribution in [2.45, 2.75) is 13.0 Å². The standard InChI is InChI=1S/C19H17ClN4O4/c1-13(28-15-5-3-2-4-6-15)19(26)27-10-18(25)23-16-9-14(20)7-8-17(16)24-12-21-11-22-24/h2-9,11-13H,10H2,1H3,(H,23,25)/t13-/m0/s1. The summed E-state index contributed by atoms with van der Waals surface area (Å²) in [6.45, 7) is 1.08. The lowest BCUT2D eigenvalue weighted by molar-refractivity contribution is -0.153. The average Bonchev–Trinajstić information content (AvgIpc) is 3.21. The number of nitrogens with zero attached hydrogens (tertiary/aromatic N) is 3. The third-order valence-electron chi connectivity index (χ3n) is 3.63. The van der Waals surface area contributed by atoms with Crippen molar-refractivity contribution in [3.63, 3.8) is 0 Å². The van der Waals surface area contributed by atoms with Crippen LogP contribution < -0.4 is 10.1 Å². The molecule has 3 aromatic rings. The summed E-state index contributed by atoms with van der Waals surface area (Å²) in [4.78, 5) is 28.1. The number of carbonyl (C=O) groups excluding carboxylic acids is 2. The predicted octanol–water partition coefficient (Wildman–Crippen LogP) is 2.87. The van der Waals surface area contributed by atoms with Crippen LogP contribution in [0.25, 0.3) is 5.69 Å². The highest BCUT2D eigenvalue weighted by molar-refractivity contribution is 6.31. The summed E-state index contributed by atoms with van der Waals surface area (Å²) in [5, 5.41) is 7.12. The van der Waals surface area contributed by atoms with Crippen molar-refractivity contribution in [2.24, 2.45) is 0 Å². The molecule has 0 bridgehead atoms. The summed E-state index contributed by atoms with van der Waals surface area (Å²) in [5.74, 6) is -0.640. The smallest absolute Gasteiger partial charge is 0.347 e. The molecule has 8 nitrogen and oxygen atoms in total. The van der Waals surface area contributed by atoms with E-state index in [1.807, 2.05) is 6.07 Å². The molecule has 1 heterocycles. The SMILES string of the molecule is C[C@H](Oc1ccccc1)C(=O)OCC(=O)Nc1cc(Cl)ccc1-n1cncn1. The third kappa shape index (κ3) is 5.08. The number of carbonyl (C=O) groups is 2. The van der Waals surface area contributed by atoms with Crippen LogP contribution in [-0.2, 0) is 14.3 Å². The number of aromatic nitrogens is 3. The second-order valence-corrected chi connectivity index (χ2v) is 6.17. The zero-order valence-corrected chi connectivity index (χ0v) is 15.7. The van der Waals surface area contributed by atoms with Gasteiger partial charge in [0.1, 0.15) is 18.4 Å². The van der Waals surface area contributed by atoms with Gasteiger partial charge in [-0.15, -0.1) is 0 Å². The highest BCUT2D eigenvalue weighted by Gasteiger charge is 2.18. The van der Waals surface area contributed by atoms with Gasteiger partial charge in [0.15, 0.2) is 12.7 Å². The number of ether oxygens (including phenoxy) is 2. The van der Waals surface area contributed by atoms with Crippen molar-refractivity contribution in [1.29, 1.82) is 0 Å². The number of halogens is 1. The summed E-state index contributed by atoms with van der Waals surface area (Å²) >= 11 is 6.01. The molecule has 0 unspecified atom stereocenters. The largest absolute Gasteiger partial charge is 0.479 e. The average molecular weight is 401 g/mol. The summed E-state index contributed by atoms with van der Waals surface area (Å²) in [5.41, 5.74) is 0.981. The fourth-order valence-electron chi connectivity index (χ4n) is 2.33. The Morgan fingerprint density at radius 1 is 1.21 bits per heavy atom. The monoisotopic (exact) mass is 400 g/mol. The molecule has 0 saturated heterocycles. The second kappa shape index (κ2) is 9.01. The Morgan fingerprint density at radius 3 is 2.71 bits per heavy atom. The highest BCUT2D eigenvalue weighted by atomic mass is 35.5. The number of esters is 1. The molecular formula is C19H17ClN4O4. The lowest BCUT2D eigenvalue weighted by Crippen LogP contribution is -2.29. The number of amides is 1. The van der Waals surface area contributed by atoms with E-state index in [1.165, 1.54) is 17.3 Å². The fraction of sp³-hybridized carbons (Fsp3) is 0.158. The van der Waals surface area contributed by atoms with Crippen LogP contribution in [0, 0.1) is 0 Å². The van der Waals surface area contributed by atoms with Crippen LogP contribution >= 0.6 is 11.6 Å². The van der Waals surface area contributed by atoms with Crippen molar-refractivity contribution < 1.29 is 19.1 Å². The molecule has 1 N–H and O–H groups in total. The van der Waals surface area contributed by atoms with E-state index in [0.717, 1.165) is 0 Å². The van der Waals surface area contributed by atoms with E-state index >= 15 is 0 Å². The summed E-state index contributed by atoms with van der Waals surface area (Å²) in [6.07, 6.45) is 2.00. The van der Waals surface area contributed by atoms with Crippen molar-refractivity contribution >= 4 is 29.2 Å². The lowest BCUT2D eigenvalue weighted by Gasteiger charge is -2.14. The number of nitrogens with one attached hydrogen (secondary N) is 1. The Balaban J connectivity index is 1.57. The molecule has 0 fully saturated rings. The van der Waals surface area contributed by atoms with Crippen LogP contribution in [0.4, 0.5) is 5.69 Å².